The number of carboxylic acid groups (broad SMARTS) is 1. The van der Waals surface area contributed by atoms with Gasteiger partial charge in [-0.05, 0) is 35.7 Å². The van der Waals surface area contributed by atoms with Crippen molar-refractivity contribution < 1.29 is 14.6 Å². The largest absolute Gasteiger partial charge is 0.490 e. The lowest BCUT2D eigenvalue weighted by Crippen LogP contribution is -2.28. The molecule has 22 heavy (non-hydrogen) atoms. The van der Waals surface area contributed by atoms with E-state index in [1.807, 2.05) is 48.5 Å². The first-order valence-corrected chi connectivity index (χ1v) is 7.71. The summed E-state index contributed by atoms with van der Waals surface area (Å²) in [6, 6.07) is 15.4. The minimum atomic E-state index is -0.771. The summed E-state index contributed by atoms with van der Waals surface area (Å²) in [6.07, 6.45) is 1.59. The predicted octanol–water partition coefficient (Wildman–Crippen LogP) is 4.29. The number of hydrogen-bond acceptors (Lipinski definition) is 2. The Labute approximate surface area is 134 Å². The highest BCUT2D eigenvalue weighted by Crippen LogP contribution is 2.38. The highest BCUT2D eigenvalue weighted by molar-refractivity contribution is 6.30. The molecule has 0 radical (unpaired) electrons. The number of fused-ring (bicyclic) bond motifs is 1. The number of rotatable bonds is 4. The molecule has 1 aliphatic rings. The molecule has 2 aromatic carbocycles. The van der Waals surface area contributed by atoms with E-state index in [0.717, 1.165) is 23.3 Å². The van der Waals surface area contributed by atoms with E-state index in [0.29, 0.717) is 11.4 Å². The molecule has 0 saturated heterocycles. The van der Waals surface area contributed by atoms with Crippen LogP contribution in [0.25, 0.3) is 0 Å². The summed E-state index contributed by atoms with van der Waals surface area (Å²) in [5, 5.41) is 9.85. The number of hydrogen-bond donors (Lipinski definition) is 1. The third kappa shape index (κ3) is 3.42. The maximum Gasteiger partial charge on any atom is 0.303 e. The Hall–Kier alpha value is -2.00. The summed E-state index contributed by atoms with van der Waals surface area (Å²) in [5.74, 6) is 0.0330. The van der Waals surface area contributed by atoms with E-state index in [1.165, 1.54) is 0 Å². The molecule has 114 valence electrons. The molecule has 3 nitrogen and oxygen atoms in total. The lowest BCUT2D eigenvalue weighted by molar-refractivity contribution is -0.137. The molecule has 4 heteroatoms. The van der Waals surface area contributed by atoms with E-state index in [4.69, 9.17) is 21.4 Å². The number of carboxylic acids is 1. The third-order valence-corrected chi connectivity index (χ3v) is 4.25. The maximum absolute atomic E-state index is 11.1. The molecule has 1 aliphatic heterocycles. The average Bonchev–Trinajstić information content (AvgIpc) is 2.49. The molecule has 3 rings (SSSR count). The molecule has 0 bridgehead atoms. The molecule has 0 fully saturated rings. The fourth-order valence-electron chi connectivity index (χ4n) is 3.01. The van der Waals surface area contributed by atoms with Crippen molar-refractivity contribution in [2.45, 2.75) is 31.3 Å². The van der Waals surface area contributed by atoms with Gasteiger partial charge in [0.1, 0.15) is 11.9 Å². The van der Waals surface area contributed by atoms with Crippen molar-refractivity contribution in [1.29, 1.82) is 0 Å². The van der Waals surface area contributed by atoms with Gasteiger partial charge in [0.15, 0.2) is 0 Å². The van der Waals surface area contributed by atoms with Gasteiger partial charge in [0, 0.05) is 17.4 Å². The Morgan fingerprint density at radius 3 is 2.64 bits per heavy atom. The first-order valence-electron chi connectivity index (χ1n) is 7.33. The normalized spacial score (nSPS) is 20.0. The molecule has 0 spiro atoms. The van der Waals surface area contributed by atoms with Crippen LogP contribution in [0.5, 0.6) is 5.75 Å². The number of benzene rings is 2. The molecular formula is C18H17ClO3. The van der Waals surface area contributed by atoms with Gasteiger partial charge < -0.3 is 9.84 Å². The zero-order valence-corrected chi connectivity index (χ0v) is 12.8. The summed E-state index contributed by atoms with van der Waals surface area (Å²) in [5.41, 5.74) is 2.14. The van der Waals surface area contributed by atoms with Gasteiger partial charge in [-0.1, -0.05) is 41.9 Å². The summed E-state index contributed by atoms with van der Waals surface area (Å²) in [4.78, 5) is 11.1. The quantitative estimate of drug-likeness (QED) is 0.915. The Morgan fingerprint density at radius 1 is 1.18 bits per heavy atom. The van der Waals surface area contributed by atoms with Gasteiger partial charge in [-0.25, -0.2) is 0 Å². The van der Waals surface area contributed by atoms with Crippen molar-refractivity contribution in [3.05, 3.63) is 64.7 Å². The molecule has 2 atom stereocenters. The van der Waals surface area contributed by atoms with Crippen molar-refractivity contribution in [2.24, 2.45) is 0 Å². The Bertz CT molecular complexity index is 666. The van der Waals surface area contributed by atoms with Crippen molar-refractivity contribution in [2.75, 3.05) is 0 Å². The molecular weight excluding hydrogens is 300 g/mol. The Kier molecular flexibility index (Phi) is 4.34. The van der Waals surface area contributed by atoms with Crippen LogP contribution in [0, 0.1) is 0 Å². The Balaban J connectivity index is 1.80. The summed E-state index contributed by atoms with van der Waals surface area (Å²) in [6.45, 7) is 0. The smallest absolute Gasteiger partial charge is 0.303 e. The average molecular weight is 317 g/mol. The van der Waals surface area contributed by atoms with Gasteiger partial charge in [-0.2, -0.15) is 0 Å². The summed E-state index contributed by atoms with van der Waals surface area (Å²) >= 11 is 5.91. The molecule has 2 aromatic rings. The van der Waals surface area contributed by atoms with E-state index < -0.39 is 5.97 Å². The van der Waals surface area contributed by atoms with Crippen LogP contribution in [0.4, 0.5) is 0 Å². The van der Waals surface area contributed by atoms with Crippen molar-refractivity contribution in [3.63, 3.8) is 0 Å². The molecule has 0 saturated carbocycles. The van der Waals surface area contributed by atoms with E-state index in [1.54, 1.807) is 0 Å². The number of ether oxygens (including phenoxy) is 1. The highest BCUT2D eigenvalue weighted by Gasteiger charge is 2.29. The lowest BCUT2D eigenvalue weighted by atomic mass is 9.85. The zero-order valence-electron chi connectivity index (χ0n) is 12.0. The summed E-state index contributed by atoms with van der Waals surface area (Å²) in [7, 11) is 0. The second-order valence-electron chi connectivity index (χ2n) is 5.64. The van der Waals surface area contributed by atoms with Crippen LogP contribution in [0.3, 0.4) is 0 Å². The molecule has 0 amide bonds. The number of aliphatic carboxylic acids is 1. The van der Waals surface area contributed by atoms with Crippen LogP contribution >= 0.6 is 11.6 Å². The fraction of sp³-hybridized carbons (Fsp3) is 0.278. The van der Waals surface area contributed by atoms with Crippen LogP contribution in [-0.4, -0.2) is 17.2 Å². The molecule has 2 unspecified atom stereocenters. The molecule has 0 aliphatic carbocycles. The zero-order chi connectivity index (χ0) is 15.5. The van der Waals surface area contributed by atoms with Crippen LogP contribution < -0.4 is 4.74 Å². The first kappa shape index (κ1) is 14.9. The van der Waals surface area contributed by atoms with Gasteiger partial charge in [0.25, 0.3) is 0 Å². The molecule has 1 heterocycles. The van der Waals surface area contributed by atoms with Gasteiger partial charge in [0.05, 0.1) is 6.42 Å². The van der Waals surface area contributed by atoms with Gasteiger partial charge in [0.2, 0.25) is 0 Å². The van der Waals surface area contributed by atoms with E-state index in [-0.39, 0.29) is 18.4 Å². The fourth-order valence-corrected chi connectivity index (χ4v) is 3.14. The number of para-hydroxylation sites is 1. The van der Waals surface area contributed by atoms with E-state index >= 15 is 0 Å². The predicted molar refractivity (Wildman–Crippen MR) is 85.6 cm³/mol. The van der Waals surface area contributed by atoms with Crippen LogP contribution in [0.1, 0.15) is 29.9 Å². The SMILES string of the molecule is O=C(O)CC1CC(Cc2ccc(Cl)cc2)Oc2ccccc21. The second-order valence-corrected chi connectivity index (χ2v) is 6.08. The van der Waals surface area contributed by atoms with E-state index in [2.05, 4.69) is 0 Å². The number of halogens is 1. The highest BCUT2D eigenvalue weighted by atomic mass is 35.5. The number of carbonyl (C=O) groups is 1. The van der Waals surface area contributed by atoms with Gasteiger partial charge >= 0.3 is 5.97 Å². The standard InChI is InChI=1S/C18H17ClO3/c19-14-7-5-12(6-8-14)9-15-10-13(11-18(20)21)16-3-1-2-4-17(16)22-15/h1-8,13,15H,9-11H2,(H,20,21). The third-order valence-electron chi connectivity index (χ3n) is 4.00. The second kappa shape index (κ2) is 6.41. The lowest BCUT2D eigenvalue weighted by Gasteiger charge is -2.31. The summed E-state index contributed by atoms with van der Waals surface area (Å²) < 4.78 is 6.05. The topological polar surface area (TPSA) is 46.5 Å². The van der Waals surface area contributed by atoms with Crippen molar-refractivity contribution in [1.82, 2.24) is 0 Å². The van der Waals surface area contributed by atoms with Gasteiger partial charge in [-0.3, -0.25) is 4.79 Å². The minimum Gasteiger partial charge on any atom is -0.490 e. The first-order chi connectivity index (χ1) is 10.6. The Morgan fingerprint density at radius 2 is 1.91 bits per heavy atom. The van der Waals surface area contributed by atoms with Crippen molar-refractivity contribution >= 4 is 17.6 Å². The van der Waals surface area contributed by atoms with Crippen LogP contribution in [0.15, 0.2) is 48.5 Å². The van der Waals surface area contributed by atoms with Crippen LogP contribution in [-0.2, 0) is 11.2 Å². The van der Waals surface area contributed by atoms with Crippen molar-refractivity contribution in [3.8, 4) is 5.75 Å². The maximum atomic E-state index is 11.1. The van der Waals surface area contributed by atoms with Gasteiger partial charge in [-0.15, -0.1) is 0 Å². The molecule has 1 N–H and O–H groups in total. The van der Waals surface area contributed by atoms with Crippen LogP contribution in [0.2, 0.25) is 5.02 Å². The molecule has 0 aromatic heterocycles. The van der Waals surface area contributed by atoms with E-state index in [9.17, 15) is 4.79 Å². The monoisotopic (exact) mass is 316 g/mol. The minimum absolute atomic E-state index is 0.000231.